The molecule has 0 saturated heterocycles. The topological polar surface area (TPSA) is 56.7 Å². The van der Waals surface area contributed by atoms with Gasteiger partial charge in [-0.15, -0.1) is 11.8 Å². The summed E-state index contributed by atoms with van der Waals surface area (Å²) in [6, 6.07) is 8.68. The summed E-state index contributed by atoms with van der Waals surface area (Å²) < 4.78 is 1.96. The lowest BCUT2D eigenvalue weighted by atomic mass is 10.2. The number of rotatable bonds is 5. The molecule has 0 fully saturated rings. The van der Waals surface area contributed by atoms with Crippen LogP contribution in [0, 0.1) is 0 Å². The van der Waals surface area contributed by atoms with E-state index in [0.29, 0.717) is 12.6 Å². The molecule has 2 N–H and O–H groups in total. The molecule has 2 rings (SSSR count). The Morgan fingerprint density at radius 1 is 1.28 bits per heavy atom. The van der Waals surface area contributed by atoms with Gasteiger partial charge >= 0.3 is 0 Å². The fourth-order valence-corrected chi connectivity index (χ4v) is 2.51. The van der Waals surface area contributed by atoms with Crippen molar-refractivity contribution in [3.63, 3.8) is 0 Å². The maximum absolute atomic E-state index is 5.58. The van der Waals surface area contributed by atoms with E-state index in [0.717, 1.165) is 17.1 Å². The molecule has 1 aromatic carbocycles. The molecule has 96 valence electrons. The molecule has 1 aromatic heterocycles. The molecule has 0 atom stereocenters. The van der Waals surface area contributed by atoms with Gasteiger partial charge < -0.3 is 5.73 Å². The number of benzene rings is 1. The average molecular weight is 262 g/mol. The first kappa shape index (κ1) is 13.1. The second-order valence-electron chi connectivity index (χ2n) is 4.35. The van der Waals surface area contributed by atoms with E-state index in [-0.39, 0.29) is 0 Å². The number of nitrogens with zero attached hydrogens (tertiary/aromatic N) is 3. The molecule has 0 saturated carbocycles. The van der Waals surface area contributed by atoms with E-state index >= 15 is 0 Å². The third-order valence-electron chi connectivity index (χ3n) is 2.66. The van der Waals surface area contributed by atoms with E-state index < -0.39 is 0 Å². The van der Waals surface area contributed by atoms with Gasteiger partial charge in [0.1, 0.15) is 12.2 Å². The number of hydrogen-bond donors (Lipinski definition) is 1. The van der Waals surface area contributed by atoms with E-state index in [4.69, 9.17) is 5.73 Å². The Morgan fingerprint density at radius 2 is 2.00 bits per heavy atom. The second kappa shape index (κ2) is 6.02. The van der Waals surface area contributed by atoms with Gasteiger partial charge in [0.2, 0.25) is 0 Å². The van der Waals surface area contributed by atoms with E-state index in [1.165, 1.54) is 4.90 Å². The van der Waals surface area contributed by atoms with Gasteiger partial charge in [0.25, 0.3) is 0 Å². The molecule has 0 aliphatic carbocycles. The summed E-state index contributed by atoms with van der Waals surface area (Å²) in [5.41, 5.74) is 6.73. The van der Waals surface area contributed by atoms with Gasteiger partial charge in [-0.1, -0.05) is 12.1 Å². The second-order valence-corrected chi connectivity index (χ2v) is 5.40. The van der Waals surface area contributed by atoms with Crippen LogP contribution in [0.2, 0.25) is 0 Å². The Morgan fingerprint density at radius 3 is 2.61 bits per heavy atom. The molecule has 2 aromatic rings. The molecule has 0 amide bonds. The van der Waals surface area contributed by atoms with Crippen molar-refractivity contribution in [3.8, 4) is 0 Å². The van der Waals surface area contributed by atoms with Crippen molar-refractivity contribution in [2.45, 2.75) is 37.1 Å². The molecule has 0 radical (unpaired) electrons. The van der Waals surface area contributed by atoms with E-state index in [2.05, 4.69) is 48.2 Å². The predicted octanol–water partition coefficient (Wildman–Crippen LogP) is 2.61. The fourth-order valence-electron chi connectivity index (χ4n) is 1.68. The zero-order valence-electron chi connectivity index (χ0n) is 10.7. The largest absolute Gasteiger partial charge is 0.326 e. The maximum Gasteiger partial charge on any atom is 0.138 e. The third kappa shape index (κ3) is 3.11. The highest BCUT2D eigenvalue weighted by Crippen LogP contribution is 2.22. The van der Waals surface area contributed by atoms with Crippen molar-refractivity contribution in [1.82, 2.24) is 14.8 Å². The normalized spacial score (nSPS) is 11.1. The zero-order chi connectivity index (χ0) is 13.0. The van der Waals surface area contributed by atoms with E-state index in [1.54, 1.807) is 18.1 Å². The number of hydrogen-bond acceptors (Lipinski definition) is 4. The third-order valence-corrected chi connectivity index (χ3v) is 3.67. The van der Waals surface area contributed by atoms with Crippen LogP contribution in [-0.2, 0) is 12.3 Å². The van der Waals surface area contributed by atoms with Crippen LogP contribution in [0.1, 0.15) is 31.3 Å². The summed E-state index contributed by atoms with van der Waals surface area (Å²) in [5, 5.41) is 4.23. The number of nitrogens with two attached hydrogens (primary N) is 1. The van der Waals surface area contributed by atoms with Gasteiger partial charge in [0, 0.05) is 17.5 Å². The summed E-state index contributed by atoms with van der Waals surface area (Å²) >= 11 is 1.76. The Balaban J connectivity index is 2.00. The number of aromatic nitrogens is 3. The minimum absolute atomic E-state index is 0.350. The summed E-state index contributed by atoms with van der Waals surface area (Å²) in [7, 11) is 0. The van der Waals surface area contributed by atoms with E-state index in [1.807, 2.05) is 4.68 Å². The van der Waals surface area contributed by atoms with Crippen LogP contribution in [0.15, 0.2) is 35.5 Å². The van der Waals surface area contributed by atoms with Crippen molar-refractivity contribution in [2.75, 3.05) is 0 Å². The first-order valence-electron chi connectivity index (χ1n) is 6.01. The monoisotopic (exact) mass is 262 g/mol. The standard InChI is InChI=1S/C13H18N4S/c1-10(2)17-13(15-9-16-17)8-18-12-5-3-11(7-14)4-6-12/h3-6,9-10H,7-8,14H2,1-2H3. The summed E-state index contributed by atoms with van der Waals surface area (Å²) in [5.74, 6) is 1.85. The first-order valence-corrected chi connectivity index (χ1v) is 6.99. The molecular formula is C13H18N4S. The average Bonchev–Trinajstić information content (AvgIpc) is 2.85. The first-order chi connectivity index (χ1) is 8.70. The lowest BCUT2D eigenvalue weighted by Gasteiger charge is -2.09. The Kier molecular flexibility index (Phi) is 4.38. The smallest absolute Gasteiger partial charge is 0.138 e. The molecule has 0 unspecified atom stereocenters. The molecular weight excluding hydrogens is 244 g/mol. The lowest BCUT2D eigenvalue weighted by Crippen LogP contribution is -2.07. The highest BCUT2D eigenvalue weighted by atomic mass is 32.2. The van der Waals surface area contributed by atoms with Crippen LogP contribution < -0.4 is 5.73 Å². The van der Waals surface area contributed by atoms with Crippen LogP contribution in [0.4, 0.5) is 0 Å². The highest BCUT2D eigenvalue weighted by molar-refractivity contribution is 7.98. The molecule has 0 bridgehead atoms. The van der Waals surface area contributed by atoms with Gasteiger partial charge in [-0.05, 0) is 31.5 Å². The van der Waals surface area contributed by atoms with Crippen molar-refractivity contribution in [1.29, 1.82) is 0 Å². The van der Waals surface area contributed by atoms with Crippen molar-refractivity contribution < 1.29 is 0 Å². The summed E-state index contributed by atoms with van der Waals surface area (Å²) in [6.07, 6.45) is 1.62. The maximum atomic E-state index is 5.58. The molecule has 0 aliphatic heterocycles. The van der Waals surface area contributed by atoms with E-state index in [9.17, 15) is 0 Å². The minimum atomic E-state index is 0.350. The molecule has 18 heavy (non-hydrogen) atoms. The highest BCUT2D eigenvalue weighted by Gasteiger charge is 2.07. The summed E-state index contributed by atoms with van der Waals surface area (Å²) in [6.45, 7) is 4.81. The molecule has 4 nitrogen and oxygen atoms in total. The van der Waals surface area contributed by atoms with Crippen molar-refractivity contribution in [3.05, 3.63) is 42.0 Å². The summed E-state index contributed by atoms with van der Waals surface area (Å²) in [4.78, 5) is 5.52. The number of thioether (sulfide) groups is 1. The van der Waals surface area contributed by atoms with Gasteiger partial charge in [0.05, 0.1) is 5.75 Å². The van der Waals surface area contributed by atoms with Crippen molar-refractivity contribution in [2.24, 2.45) is 5.73 Å². The predicted molar refractivity (Wildman–Crippen MR) is 74.3 cm³/mol. The Labute approximate surface area is 112 Å². The molecule has 0 aliphatic rings. The molecule has 5 heteroatoms. The van der Waals surface area contributed by atoms with Crippen LogP contribution >= 0.6 is 11.8 Å². The van der Waals surface area contributed by atoms with Crippen LogP contribution in [0.25, 0.3) is 0 Å². The quantitative estimate of drug-likeness (QED) is 0.842. The van der Waals surface area contributed by atoms with Gasteiger partial charge in [-0.25, -0.2) is 9.67 Å². The Bertz CT molecular complexity index is 490. The minimum Gasteiger partial charge on any atom is -0.326 e. The SMILES string of the molecule is CC(C)n1ncnc1CSc1ccc(CN)cc1. The molecule has 0 spiro atoms. The van der Waals surface area contributed by atoms with Gasteiger partial charge in [0.15, 0.2) is 0 Å². The lowest BCUT2D eigenvalue weighted by molar-refractivity contribution is 0.514. The fraction of sp³-hybridized carbons (Fsp3) is 0.385. The van der Waals surface area contributed by atoms with Gasteiger partial charge in [-0.3, -0.25) is 0 Å². The van der Waals surface area contributed by atoms with Crippen LogP contribution in [0.5, 0.6) is 0 Å². The Hall–Kier alpha value is -1.33. The molecule has 1 heterocycles. The van der Waals surface area contributed by atoms with Gasteiger partial charge in [-0.2, -0.15) is 5.10 Å². The van der Waals surface area contributed by atoms with Crippen molar-refractivity contribution >= 4 is 11.8 Å². The van der Waals surface area contributed by atoms with Crippen LogP contribution in [-0.4, -0.2) is 14.8 Å². The van der Waals surface area contributed by atoms with Crippen LogP contribution in [0.3, 0.4) is 0 Å². The zero-order valence-corrected chi connectivity index (χ0v) is 11.5.